The van der Waals surface area contributed by atoms with E-state index >= 15 is 0 Å². The minimum absolute atomic E-state index is 0.0512. The van der Waals surface area contributed by atoms with E-state index in [2.05, 4.69) is 10.3 Å². The molecule has 11 heteroatoms. The van der Waals surface area contributed by atoms with Crippen LogP contribution in [0.15, 0.2) is 48.7 Å². The highest BCUT2D eigenvalue weighted by molar-refractivity contribution is 6.33. The summed E-state index contributed by atoms with van der Waals surface area (Å²) in [7, 11) is 0. The van der Waals surface area contributed by atoms with E-state index in [1.54, 1.807) is 31.2 Å². The number of aromatic nitrogens is 1. The first-order chi connectivity index (χ1) is 17.0. The number of pyridine rings is 1. The zero-order valence-corrected chi connectivity index (χ0v) is 19.6. The second-order valence-corrected chi connectivity index (χ2v) is 8.04. The number of alkyl halides is 3. The van der Waals surface area contributed by atoms with Gasteiger partial charge < -0.3 is 15.2 Å². The average Bonchev–Trinajstić information content (AvgIpc) is 2.82. The first-order valence-electron chi connectivity index (χ1n) is 10.5. The molecule has 0 atom stereocenters. The lowest BCUT2D eigenvalue weighted by Crippen LogP contribution is -2.16. The van der Waals surface area contributed by atoms with E-state index < -0.39 is 17.8 Å². The molecule has 1 heterocycles. The van der Waals surface area contributed by atoms with Crippen molar-refractivity contribution in [3.05, 3.63) is 76.1 Å². The van der Waals surface area contributed by atoms with Gasteiger partial charge in [0.05, 0.1) is 36.9 Å². The summed E-state index contributed by atoms with van der Waals surface area (Å²) in [6, 6.07) is 11.8. The van der Waals surface area contributed by atoms with Gasteiger partial charge in [-0.1, -0.05) is 23.7 Å². The Kier molecular flexibility index (Phi) is 8.17. The van der Waals surface area contributed by atoms with E-state index in [9.17, 15) is 28.0 Å². The molecule has 3 aromatic rings. The van der Waals surface area contributed by atoms with E-state index in [4.69, 9.17) is 21.4 Å². The number of rotatable bonds is 9. The number of nitrogens with zero attached hydrogens (tertiary/aromatic N) is 2. The first-order valence-corrected chi connectivity index (χ1v) is 10.9. The molecule has 0 spiro atoms. The number of benzene rings is 2. The molecule has 1 aromatic heterocycles. The van der Waals surface area contributed by atoms with E-state index in [1.165, 1.54) is 18.2 Å². The van der Waals surface area contributed by atoms with Gasteiger partial charge in [-0.3, -0.25) is 14.6 Å². The number of halogens is 4. The molecular weight excluding hydrogens is 499 g/mol. The number of nitrogens with one attached hydrogen (secondary N) is 1. The molecule has 0 amide bonds. The van der Waals surface area contributed by atoms with Gasteiger partial charge in [-0.2, -0.15) is 18.4 Å². The van der Waals surface area contributed by atoms with Gasteiger partial charge >= 0.3 is 12.1 Å². The highest BCUT2D eigenvalue weighted by atomic mass is 35.5. The van der Waals surface area contributed by atoms with Gasteiger partial charge in [0.25, 0.3) is 0 Å². The van der Waals surface area contributed by atoms with Crippen LogP contribution in [0.4, 0.5) is 18.9 Å². The van der Waals surface area contributed by atoms with Crippen LogP contribution in [-0.4, -0.2) is 35.0 Å². The van der Waals surface area contributed by atoms with Crippen molar-refractivity contribution in [1.29, 1.82) is 5.26 Å². The number of carboxylic acids is 1. The van der Waals surface area contributed by atoms with Gasteiger partial charge in [-0.15, -0.1) is 0 Å². The van der Waals surface area contributed by atoms with Crippen molar-refractivity contribution < 1.29 is 32.6 Å². The second-order valence-electron chi connectivity index (χ2n) is 7.64. The number of aryl methyl sites for hydroxylation is 1. The summed E-state index contributed by atoms with van der Waals surface area (Å²) in [6.45, 7) is 1.57. The maximum atomic E-state index is 13.0. The third-order valence-corrected chi connectivity index (χ3v) is 5.46. The predicted octanol–water partition coefficient (Wildman–Crippen LogP) is 5.75. The molecule has 36 heavy (non-hydrogen) atoms. The fraction of sp³-hybridized carbons (Fsp3) is 0.200. The summed E-state index contributed by atoms with van der Waals surface area (Å²) in [5.74, 6) is -0.991. The van der Waals surface area contributed by atoms with Gasteiger partial charge in [0.1, 0.15) is 11.4 Å². The van der Waals surface area contributed by atoms with Crippen molar-refractivity contribution in [2.75, 3.05) is 18.5 Å². The van der Waals surface area contributed by atoms with Gasteiger partial charge in [0.15, 0.2) is 5.78 Å². The molecule has 186 valence electrons. The summed E-state index contributed by atoms with van der Waals surface area (Å²) in [5, 5.41) is 21.3. The topological polar surface area (TPSA) is 112 Å². The Morgan fingerprint density at radius 2 is 1.94 bits per heavy atom. The van der Waals surface area contributed by atoms with Crippen molar-refractivity contribution in [2.45, 2.75) is 19.5 Å². The molecular formula is C25H19ClF3N3O4. The van der Waals surface area contributed by atoms with Crippen LogP contribution >= 0.6 is 11.6 Å². The number of carbonyl (C=O) groups is 2. The Labute approximate surface area is 209 Å². The van der Waals surface area contributed by atoms with Gasteiger partial charge in [0, 0.05) is 27.9 Å². The maximum absolute atomic E-state index is 13.0. The summed E-state index contributed by atoms with van der Waals surface area (Å²) in [5.41, 5.74) is 0.235. The SMILES string of the molecule is Cc1cccc(OCCC(=O)O)c1NCC(=O)c1ccc(Cl)c(-c2cnc(C(F)(F)F)cc2C#N)c1. The number of hydrogen-bond acceptors (Lipinski definition) is 6. The molecule has 0 aliphatic carbocycles. The lowest BCUT2D eigenvalue weighted by atomic mass is 9.98. The quantitative estimate of drug-likeness (QED) is 0.347. The van der Waals surface area contributed by atoms with Crippen LogP contribution in [0.1, 0.15) is 33.6 Å². The number of aliphatic carboxylic acids is 1. The Balaban J connectivity index is 1.84. The van der Waals surface area contributed by atoms with Gasteiger partial charge in [0.2, 0.25) is 0 Å². The van der Waals surface area contributed by atoms with E-state index in [0.717, 1.165) is 11.8 Å². The zero-order chi connectivity index (χ0) is 26.5. The fourth-order valence-electron chi connectivity index (χ4n) is 3.33. The maximum Gasteiger partial charge on any atom is 0.433 e. The lowest BCUT2D eigenvalue weighted by Gasteiger charge is -2.15. The molecule has 0 aliphatic heterocycles. The Morgan fingerprint density at radius 1 is 1.19 bits per heavy atom. The average molecular weight is 518 g/mol. The summed E-state index contributed by atoms with van der Waals surface area (Å²) < 4.78 is 44.5. The highest BCUT2D eigenvalue weighted by Crippen LogP contribution is 2.35. The number of ether oxygens (including phenoxy) is 1. The third kappa shape index (κ3) is 6.31. The van der Waals surface area contributed by atoms with E-state index in [0.29, 0.717) is 17.5 Å². The predicted molar refractivity (Wildman–Crippen MR) is 126 cm³/mol. The molecule has 0 radical (unpaired) electrons. The minimum atomic E-state index is -4.72. The number of ketones is 1. The third-order valence-electron chi connectivity index (χ3n) is 5.13. The first kappa shape index (κ1) is 26.5. The van der Waals surface area contributed by atoms with E-state index in [-0.39, 0.29) is 52.6 Å². The fourth-order valence-corrected chi connectivity index (χ4v) is 3.55. The van der Waals surface area contributed by atoms with Crippen LogP contribution in [0, 0.1) is 18.3 Å². The molecule has 0 fully saturated rings. The highest BCUT2D eigenvalue weighted by Gasteiger charge is 2.33. The summed E-state index contributed by atoms with van der Waals surface area (Å²) in [4.78, 5) is 27.1. The number of hydrogen-bond donors (Lipinski definition) is 2. The molecule has 0 saturated carbocycles. The number of nitriles is 1. The van der Waals surface area contributed by atoms with Gasteiger partial charge in [-0.05, 0) is 42.8 Å². The monoisotopic (exact) mass is 517 g/mol. The van der Waals surface area contributed by atoms with Crippen molar-refractivity contribution >= 4 is 29.0 Å². The van der Waals surface area contributed by atoms with Crippen LogP contribution < -0.4 is 10.1 Å². The Hall–Kier alpha value is -4.10. The van der Waals surface area contributed by atoms with Gasteiger partial charge in [-0.25, -0.2) is 0 Å². The van der Waals surface area contributed by atoms with Crippen LogP contribution in [0.2, 0.25) is 5.02 Å². The normalized spacial score (nSPS) is 11.0. The number of Topliss-reactive ketones (excluding diaryl/α,β-unsaturated/α-hetero) is 1. The Bertz CT molecular complexity index is 1350. The van der Waals surface area contributed by atoms with Crippen LogP contribution in [0.5, 0.6) is 5.75 Å². The molecule has 0 unspecified atom stereocenters. The van der Waals surface area contributed by atoms with Crippen molar-refractivity contribution in [1.82, 2.24) is 4.98 Å². The summed E-state index contributed by atoms with van der Waals surface area (Å²) in [6.07, 6.45) is -4.00. The molecule has 0 saturated heterocycles. The molecule has 7 nitrogen and oxygen atoms in total. The van der Waals surface area contributed by atoms with Crippen molar-refractivity contribution in [3.63, 3.8) is 0 Å². The largest absolute Gasteiger partial charge is 0.491 e. The standard InChI is InChI=1S/C25H19ClF3N3O4/c1-14-3-2-4-21(36-8-7-23(34)35)24(14)32-13-20(33)15-5-6-19(26)17(9-15)18-12-31-22(25(27,28)29)10-16(18)11-30/h2-6,9-10,12,32H,7-8,13H2,1H3,(H,34,35). The molecule has 2 aromatic carbocycles. The minimum Gasteiger partial charge on any atom is -0.491 e. The smallest absolute Gasteiger partial charge is 0.433 e. The van der Waals surface area contributed by atoms with Crippen LogP contribution in [-0.2, 0) is 11.0 Å². The molecule has 2 N–H and O–H groups in total. The van der Waals surface area contributed by atoms with Crippen LogP contribution in [0.3, 0.4) is 0 Å². The second kappa shape index (κ2) is 11.1. The molecule has 0 bridgehead atoms. The Morgan fingerprint density at radius 3 is 2.61 bits per heavy atom. The molecule has 3 rings (SSSR count). The summed E-state index contributed by atoms with van der Waals surface area (Å²) >= 11 is 6.23. The number of carboxylic acid groups (broad SMARTS) is 1. The van der Waals surface area contributed by atoms with Crippen molar-refractivity contribution in [2.24, 2.45) is 0 Å². The lowest BCUT2D eigenvalue weighted by molar-refractivity contribution is -0.141. The number of para-hydroxylation sites is 1. The number of carbonyl (C=O) groups excluding carboxylic acids is 1. The van der Waals surface area contributed by atoms with E-state index in [1.807, 2.05) is 0 Å². The van der Waals surface area contributed by atoms with Crippen LogP contribution in [0.25, 0.3) is 11.1 Å². The van der Waals surface area contributed by atoms with Crippen molar-refractivity contribution in [3.8, 4) is 22.9 Å². The molecule has 0 aliphatic rings. The zero-order valence-electron chi connectivity index (χ0n) is 18.8. The number of anilines is 1.